The average Bonchev–Trinajstić information content (AvgIpc) is 2.20. The van der Waals surface area contributed by atoms with Crippen molar-refractivity contribution in [3.63, 3.8) is 0 Å². The third kappa shape index (κ3) is 9.73. The fraction of sp³-hybridized carbons (Fsp3) is 0.917. The van der Waals surface area contributed by atoms with Crippen molar-refractivity contribution in [3.05, 3.63) is 0 Å². The van der Waals surface area contributed by atoms with E-state index >= 15 is 0 Å². The van der Waals surface area contributed by atoms with Gasteiger partial charge in [0, 0.05) is 6.54 Å². The van der Waals surface area contributed by atoms with Crippen molar-refractivity contribution in [1.82, 2.24) is 4.90 Å². The maximum Gasteiger partial charge on any atom is 0.304 e. The predicted octanol–water partition coefficient (Wildman–Crippen LogP) is 2.75. The van der Waals surface area contributed by atoms with E-state index in [0.29, 0.717) is 6.54 Å². The zero-order valence-electron chi connectivity index (χ0n) is 10.2. The van der Waals surface area contributed by atoms with Crippen LogP contribution in [0.5, 0.6) is 0 Å². The first-order valence-electron chi connectivity index (χ1n) is 6.14. The van der Waals surface area contributed by atoms with Crippen LogP contribution in [0.1, 0.15) is 52.4 Å². The molecule has 0 heterocycles. The molecule has 0 atom stereocenters. The average molecular weight is 215 g/mol. The first-order chi connectivity index (χ1) is 7.20. The van der Waals surface area contributed by atoms with Crippen molar-refractivity contribution in [2.45, 2.75) is 52.4 Å². The van der Waals surface area contributed by atoms with Gasteiger partial charge in [-0.1, -0.05) is 33.1 Å². The fourth-order valence-corrected chi connectivity index (χ4v) is 1.67. The second-order valence-electron chi connectivity index (χ2n) is 4.05. The molecule has 0 aromatic rings. The lowest BCUT2D eigenvalue weighted by Crippen LogP contribution is -2.28. The van der Waals surface area contributed by atoms with Crippen LogP contribution in [0.3, 0.4) is 0 Å². The smallest absolute Gasteiger partial charge is 0.304 e. The first-order valence-corrected chi connectivity index (χ1v) is 6.14. The quantitative estimate of drug-likeness (QED) is 0.570. The first kappa shape index (κ1) is 14.4. The third-order valence-corrected chi connectivity index (χ3v) is 2.51. The Morgan fingerprint density at radius 1 is 1.00 bits per heavy atom. The van der Waals surface area contributed by atoms with Gasteiger partial charge in [-0.2, -0.15) is 0 Å². The van der Waals surface area contributed by atoms with Gasteiger partial charge in [0.1, 0.15) is 0 Å². The summed E-state index contributed by atoms with van der Waals surface area (Å²) in [5, 5.41) is 8.61. The van der Waals surface area contributed by atoms with Gasteiger partial charge in [0.25, 0.3) is 0 Å². The Bertz CT molecular complexity index is 160. The standard InChI is InChI=1S/C12H25NO2/c1-3-5-6-7-10-13(9-4-2)11-8-12(14)15/h3-11H2,1-2H3,(H,14,15). The van der Waals surface area contributed by atoms with Crippen LogP contribution in [0, 0.1) is 0 Å². The van der Waals surface area contributed by atoms with Crippen LogP contribution in [-0.4, -0.2) is 35.6 Å². The maximum atomic E-state index is 10.5. The Balaban J connectivity index is 3.57. The molecule has 0 fully saturated rings. The van der Waals surface area contributed by atoms with Crippen LogP contribution in [0.4, 0.5) is 0 Å². The van der Waals surface area contributed by atoms with Gasteiger partial charge in [-0.15, -0.1) is 0 Å². The number of nitrogens with zero attached hydrogens (tertiary/aromatic N) is 1. The molecule has 0 bridgehead atoms. The van der Waals surface area contributed by atoms with E-state index in [1.165, 1.54) is 25.7 Å². The number of hydrogen-bond donors (Lipinski definition) is 1. The summed E-state index contributed by atoms with van der Waals surface area (Å²) in [6.07, 6.45) is 6.39. The maximum absolute atomic E-state index is 10.5. The number of unbranched alkanes of at least 4 members (excludes halogenated alkanes) is 3. The highest BCUT2D eigenvalue weighted by Crippen LogP contribution is 2.02. The molecule has 0 aromatic heterocycles. The molecule has 3 heteroatoms. The van der Waals surface area contributed by atoms with Gasteiger partial charge < -0.3 is 10.0 Å². The molecule has 90 valence electrons. The summed E-state index contributed by atoms with van der Waals surface area (Å²) in [5.74, 6) is -0.690. The molecule has 0 rings (SSSR count). The summed E-state index contributed by atoms with van der Waals surface area (Å²) in [7, 11) is 0. The number of aliphatic carboxylic acids is 1. The summed E-state index contributed by atoms with van der Waals surface area (Å²) >= 11 is 0. The van der Waals surface area contributed by atoms with Crippen LogP contribution in [0.2, 0.25) is 0 Å². The molecular formula is C12H25NO2. The van der Waals surface area contributed by atoms with E-state index in [1.54, 1.807) is 0 Å². The van der Waals surface area contributed by atoms with Crippen molar-refractivity contribution in [3.8, 4) is 0 Å². The van der Waals surface area contributed by atoms with Crippen LogP contribution in [-0.2, 0) is 4.79 Å². The van der Waals surface area contributed by atoms with E-state index in [2.05, 4.69) is 18.7 Å². The minimum atomic E-state index is -0.690. The molecule has 1 N–H and O–H groups in total. The summed E-state index contributed by atoms with van der Waals surface area (Å²) in [4.78, 5) is 12.7. The molecule has 0 amide bonds. The SMILES string of the molecule is CCCCCCN(CCC)CCC(=O)O. The van der Waals surface area contributed by atoms with Crippen molar-refractivity contribution in [2.24, 2.45) is 0 Å². The van der Waals surface area contributed by atoms with Gasteiger partial charge in [-0.3, -0.25) is 4.79 Å². The molecule has 0 radical (unpaired) electrons. The minimum absolute atomic E-state index is 0.272. The highest BCUT2D eigenvalue weighted by molar-refractivity contribution is 5.66. The molecule has 0 unspecified atom stereocenters. The monoisotopic (exact) mass is 215 g/mol. The van der Waals surface area contributed by atoms with Crippen LogP contribution >= 0.6 is 0 Å². The Morgan fingerprint density at radius 3 is 2.27 bits per heavy atom. The van der Waals surface area contributed by atoms with Gasteiger partial charge in [-0.05, 0) is 25.9 Å². The molecule has 0 aliphatic rings. The number of carboxylic acids is 1. The Hall–Kier alpha value is -0.570. The largest absolute Gasteiger partial charge is 0.481 e. The Morgan fingerprint density at radius 2 is 1.73 bits per heavy atom. The third-order valence-electron chi connectivity index (χ3n) is 2.51. The lowest BCUT2D eigenvalue weighted by molar-refractivity contribution is -0.137. The number of carbonyl (C=O) groups is 1. The zero-order chi connectivity index (χ0) is 11.5. The highest BCUT2D eigenvalue weighted by Gasteiger charge is 2.05. The normalized spacial score (nSPS) is 10.9. The van der Waals surface area contributed by atoms with Gasteiger partial charge in [0.05, 0.1) is 6.42 Å². The van der Waals surface area contributed by atoms with E-state index in [1.807, 2.05) is 0 Å². The van der Waals surface area contributed by atoms with E-state index in [9.17, 15) is 4.79 Å². The minimum Gasteiger partial charge on any atom is -0.481 e. The molecular weight excluding hydrogens is 190 g/mol. The van der Waals surface area contributed by atoms with Gasteiger partial charge >= 0.3 is 5.97 Å². The van der Waals surface area contributed by atoms with Crippen molar-refractivity contribution < 1.29 is 9.90 Å². The number of carboxylic acid groups (broad SMARTS) is 1. The molecule has 0 aliphatic heterocycles. The number of rotatable bonds is 10. The molecule has 3 nitrogen and oxygen atoms in total. The molecule has 0 saturated carbocycles. The van der Waals surface area contributed by atoms with Gasteiger partial charge in [0.15, 0.2) is 0 Å². The predicted molar refractivity (Wildman–Crippen MR) is 63.1 cm³/mol. The lowest BCUT2D eigenvalue weighted by atomic mass is 10.2. The summed E-state index contributed by atoms with van der Waals surface area (Å²) in [5.41, 5.74) is 0. The zero-order valence-corrected chi connectivity index (χ0v) is 10.2. The second kappa shape index (κ2) is 9.97. The molecule has 0 saturated heterocycles. The molecule has 0 aliphatic carbocycles. The van der Waals surface area contributed by atoms with E-state index in [-0.39, 0.29) is 6.42 Å². The second-order valence-corrected chi connectivity index (χ2v) is 4.05. The van der Waals surface area contributed by atoms with Crippen LogP contribution in [0.25, 0.3) is 0 Å². The van der Waals surface area contributed by atoms with E-state index in [0.717, 1.165) is 19.5 Å². The summed E-state index contributed by atoms with van der Waals surface area (Å²) in [6, 6.07) is 0. The van der Waals surface area contributed by atoms with Crippen molar-refractivity contribution in [1.29, 1.82) is 0 Å². The van der Waals surface area contributed by atoms with Crippen molar-refractivity contribution in [2.75, 3.05) is 19.6 Å². The lowest BCUT2D eigenvalue weighted by Gasteiger charge is -2.20. The number of hydrogen-bond acceptors (Lipinski definition) is 2. The highest BCUT2D eigenvalue weighted by atomic mass is 16.4. The van der Waals surface area contributed by atoms with Gasteiger partial charge in [-0.25, -0.2) is 0 Å². The Kier molecular flexibility index (Phi) is 9.59. The molecule has 0 spiro atoms. The molecule has 15 heavy (non-hydrogen) atoms. The van der Waals surface area contributed by atoms with Gasteiger partial charge in [0.2, 0.25) is 0 Å². The topological polar surface area (TPSA) is 40.5 Å². The van der Waals surface area contributed by atoms with Crippen LogP contribution in [0.15, 0.2) is 0 Å². The van der Waals surface area contributed by atoms with E-state index in [4.69, 9.17) is 5.11 Å². The summed E-state index contributed by atoms with van der Waals surface area (Å²) in [6.45, 7) is 7.13. The summed E-state index contributed by atoms with van der Waals surface area (Å²) < 4.78 is 0. The fourth-order valence-electron chi connectivity index (χ4n) is 1.67. The molecule has 0 aromatic carbocycles. The van der Waals surface area contributed by atoms with Crippen molar-refractivity contribution >= 4 is 5.97 Å². The van der Waals surface area contributed by atoms with E-state index < -0.39 is 5.97 Å². The van der Waals surface area contributed by atoms with Crippen LogP contribution < -0.4 is 0 Å². The Labute approximate surface area is 93.5 Å².